The summed E-state index contributed by atoms with van der Waals surface area (Å²) in [5, 5.41) is 17.3. The first-order chi connectivity index (χ1) is 40.3. The maximum Gasteiger partial charge on any atom is 0.396 e. The zero-order valence-corrected chi connectivity index (χ0v) is 50.0. The van der Waals surface area contributed by atoms with Gasteiger partial charge >= 0.3 is 7.60 Å². The number of aryl methyl sites for hydroxylation is 3. The fourth-order valence-corrected chi connectivity index (χ4v) is 13.3. The Hall–Kier alpha value is -7.55. The molecule has 1 fully saturated rings. The highest BCUT2D eigenvalue weighted by Gasteiger charge is 2.46. The number of anilines is 1. The lowest BCUT2D eigenvalue weighted by Crippen LogP contribution is -2.50. The number of aliphatic hydroxyl groups is 1. The maximum absolute atomic E-state index is 14.6. The van der Waals surface area contributed by atoms with Gasteiger partial charge in [0.05, 0.1) is 51.3 Å². The van der Waals surface area contributed by atoms with E-state index in [2.05, 4.69) is 20.6 Å². The standard InChI is InChI=1S/C63H73N8O12PS/c1-35(38-15-18-40(19-16-38)57-36(2)66-34-85-57)67-58(76)52-31-46(73)33-70(52)61(79)47(63(3,4)5)30-45(72)13-8-6-7-10-37-14-22-49(65-32-37)50(24-25-55(64)75)69-59(77)53-28-41-12-9-11-39-17-20-42(60(78)71(53)56(39)41)29-54(74)51-27-44-26-43(21-23-48(44)68-51)62(80)84(81,82)83/h9,11-12,14-16,18-19,21-23,26-27,32,34-35,42,46-47,50,52-53,68,73H,6-8,10,13,17,20,24-25,28-31,33H2,1-5H3,(H2,64,75)(H,67,76)(H,69,77)(H2,81,82,83)/t35-,42+,46+,47+,50-,52-,53-/m0/s1. The molecule has 1 saturated heterocycles. The number of unbranched alkanes of at least 4 members (excludes halogenated alkanes) is 2. The van der Waals surface area contributed by atoms with Crippen LogP contribution < -0.4 is 21.3 Å². The van der Waals surface area contributed by atoms with E-state index >= 15 is 0 Å². The topological polar surface area (TPSA) is 312 Å². The van der Waals surface area contributed by atoms with Crippen LogP contribution in [0.15, 0.2) is 90.6 Å². The molecule has 0 spiro atoms. The van der Waals surface area contributed by atoms with Crippen LogP contribution in [0.5, 0.6) is 0 Å². The van der Waals surface area contributed by atoms with Crippen LogP contribution in [0.2, 0.25) is 0 Å². The number of likely N-dealkylation sites (tertiary alicyclic amines) is 1. The number of β-amino-alcohol motifs (C(OH)–C–C–N with tert-alkyl or cyclic N) is 1. The first kappa shape index (κ1) is 62.0. The number of benzene rings is 3. The molecule has 22 heteroatoms. The van der Waals surface area contributed by atoms with E-state index < -0.39 is 78.1 Å². The minimum absolute atomic E-state index is 0.000576. The van der Waals surface area contributed by atoms with Gasteiger partial charge in [-0.25, -0.2) is 4.98 Å². The summed E-state index contributed by atoms with van der Waals surface area (Å²) >= 11 is 1.56. The molecule has 9 rings (SSSR count). The van der Waals surface area contributed by atoms with Gasteiger partial charge in [-0.1, -0.05) is 75.7 Å². The number of H-pyrrole nitrogens is 1. The van der Waals surface area contributed by atoms with E-state index in [4.69, 9.17) is 10.7 Å². The summed E-state index contributed by atoms with van der Waals surface area (Å²) in [5.41, 5.74) is 12.4. The quantitative estimate of drug-likeness (QED) is 0.0171. The highest BCUT2D eigenvalue weighted by atomic mass is 32.1. The van der Waals surface area contributed by atoms with Crippen LogP contribution in [-0.2, 0) is 52.6 Å². The van der Waals surface area contributed by atoms with E-state index in [-0.39, 0.29) is 86.4 Å². The summed E-state index contributed by atoms with van der Waals surface area (Å²) in [6.45, 7) is 9.56. The molecule has 3 aliphatic heterocycles. The Labute approximate surface area is 496 Å². The van der Waals surface area contributed by atoms with Gasteiger partial charge in [-0.3, -0.25) is 52.8 Å². The minimum atomic E-state index is -5.04. The molecule has 5 amide bonds. The van der Waals surface area contributed by atoms with Gasteiger partial charge in [0.1, 0.15) is 17.9 Å². The highest BCUT2D eigenvalue weighted by molar-refractivity contribution is 7.70. The Morgan fingerprint density at radius 1 is 0.894 bits per heavy atom. The predicted molar refractivity (Wildman–Crippen MR) is 320 cm³/mol. The number of amides is 5. The second kappa shape index (κ2) is 26.0. The van der Waals surface area contributed by atoms with E-state index in [0.29, 0.717) is 48.0 Å². The molecule has 0 radical (unpaired) electrons. The van der Waals surface area contributed by atoms with Crippen molar-refractivity contribution in [3.8, 4) is 10.4 Å². The van der Waals surface area contributed by atoms with Gasteiger partial charge in [0.2, 0.25) is 29.5 Å². The van der Waals surface area contributed by atoms with Gasteiger partial charge in [0.25, 0.3) is 5.52 Å². The van der Waals surface area contributed by atoms with Crippen molar-refractivity contribution < 1.29 is 57.8 Å². The van der Waals surface area contributed by atoms with Crippen molar-refractivity contribution in [2.24, 2.45) is 23.0 Å². The number of primary amides is 1. The summed E-state index contributed by atoms with van der Waals surface area (Å²) < 4.78 is 11.6. The predicted octanol–water partition coefficient (Wildman–Crippen LogP) is 8.09. The van der Waals surface area contributed by atoms with Crippen molar-refractivity contribution in [3.63, 3.8) is 0 Å². The first-order valence-corrected chi connectivity index (χ1v) is 31.4. The number of fused-ring (bicyclic) bond motifs is 1. The molecule has 6 heterocycles. The number of carbonyl (C=O) groups excluding carboxylic acids is 8. The summed E-state index contributed by atoms with van der Waals surface area (Å²) in [6.07, 6.45) is 4.78. The molecule has 20 nitrogen and oxygen atoms in total. The number of thiazole rings is 1. The van der Waals surface area contributed by atoms with Crippen LogP contribution in [-0.4, -0.2) is 106 Å². The summed E-state index contributed by atoms with van der Waals surface area (Å²) in [7, 11) is -5.04. The number of para-hydroxylation sites is 1. The SMILES string of the molecule is Cc1ncsc1-c1ccc([C@H](C)NC(=O)[C@@H]2C[C@@H](O)CN2C(=O)[C@@H](CC(=O)CCCCCc2ccc([C@H](CCC(N)=O)NC(=O)[C@@H]3Cc4cccc5c4N3C(=O)[C@@H](CC(=O)c3cc4cc(C(=O)P(=O)(O)O)ccc4[nH]3)CC5)nc2)C(C)(C)C)cc1. The lowest BCUT2D eigenvalue weighted by Gasteiger charge is -2.35. The molecule has 0 saturated carbocycles. The molecule has 3 aromatic carbocycles. The lowest BCUT2D eigenvalue weighted by molar-refractivity contribution is -0.146. The number of aliphatic hydroxyl groups excluding tert-OH is 1. The molecule has 0 bridgehead atoms. The summed E-state index contributed by atoms with van der Waals surface area (Å²) in [5.74, 6) is -4.11. The van der Waals surface area contributed by atoms with Gasteiger partial charge in [-0.15, -0.1) is 11.3 Å². The summed E-state index contributed by atoms with van der Waals surface area (Å²) in [4.78, 5) is 144. The van der Waals surface area contributed by atoms with Crippen molar-refractivity contribution in [1.82, 2.24) is 30.5 Å². The van der Waals surface area contributed by atoms with Gasteiger partial charge in [0.15, 0.2) is 5.78 Å². The number of hydrogen-bond acceptors (Lipinski definition) is 13. The number of hydrogen-bond donors (Lipinski definition) is 7. The van der Waals surface area contributed by atoms with Gasteiger partial charge in [-0.05, 0) is 116 Å². The lowest BCUT2D eigenvalue weighted by atomic mass is 9.76. The van der Waals surface area contributed by atoms with Gasteiger partial charge in [0, 0.05) is 79.6 Å². The Bertz CT molecular complexity index is 3590. The minimum Gasteiger partial charge on any atom is -0.391 e. The Morgan fingerprint density at radius 2 is 1.64 bits per heavy atom. The Morgan fingerprint density at radius 3 is 2.32 bits per heavy atom. The third-order valence-electron chi connectivity index (χ3n) is 16.7. The zero-order chi connectivity index (χ0) is 61.1. The molecule has 448 valence electrons. The Kier molecular flexibility index (Phi) is 18.9. The van der Waals surface area contributed by atoms with Crippen molar-refractivity contribution >= 4 is 82.1 Å². The van der Waals surface area contributed by atoms with E-state index in [1.54, 1.807) is 23.6 Å². The van der Waals surface area contributed by atoms with E-state index in [1.165, 1.54) is 34.1 Å². The van der Waals surface area contributed by atoms with Crippen LogP contribution in [0.25, 0.3) is 21.3 Å². The third kappa shape index (κ3) is 14.4. The first-order valence-electron chi connectivity index (χ1n) is 28.9. The van der Waals surface area contributed by atoms with Crippen LogP contribution in [0, 0.1) is 24.2 Å². The molecule has 85 heavy (non-hydrogen) atoms. The average molecular weight is 1200 g/mol. The van der Waals surface area contributed by atoms with Crippen molar-refractivity contribution in [1.29, 1.82) is 0 Å². The molecule has 3 aromatic heterocycles. The molecule has 0 aliphatic carbocycles. The van der Waals surface area contributed by atoms with Crippen molar-refractivity contribution in [2.45, 2.75) is 148 Å². The molecular weight excluding hydrogens is 1120 g/mol. The molecule has 6 aromatic rings. The van der Waals surface area contributed by atoms with Crippen LogP contribution in [0.3, 0.4) is 0 Å². The Balaban J connectivity index is 0.775. The number of carbonyl (C=O) groups is 8. The van der Waals surface area contributed by atoms with Crippen molar-refractivity contribution in [3.05, 3.63) is 135 Å². The molecular formula is C63H73N8O12PS. The maximum atomic E-state index is 14.6. The smallest absolute Gasteiger partial charge is 0.391 e. The number of nitrogens with two attached hydrogens (primary N) is 1. The fourth-order valence-electron chi connectivity index (χ4n) is 12.0. The molecule has 3 aliphatic rings. The van der Waals surface area contributed by atoms with E-state index in [9.17, 15) is 57.8 Å². The summed E-state index contributed by atoms with van der Waals surface area (Å²) in [6, 6.07) is 19.7. The molecule has 8 N–H and O–H groups in total. The van der Waals surface area contributed by atoms with Crippen LogP contribution in [0.1, 0.15) is 158 Å². The number of pyridine rings is 1. The number of aromatic nitrogens is 3. The number of aromatic amines is 1. The second-order valence-electron chi connectivity index (χ2n) is 23.9. The highest BCUT2D eigenvalue weighted by Crippen LogP contribution is 2.43. The van der Waals surface area contributed by atoms with Gasteiger partial charge in [-0.2, -0.15) is 0 Å². The second-order valence-corrected chi connectivity index (χ2v) is 26.3. The number of rotatable bonds is 24. The fraction of sp³-hybridized carbons (Fsp3) is 0.429. The monoisotopic (exact) mass is 1200 g/mol. The molecule has 7 atom stereocenters. The van der Waals surface area contributed by atoms with Crippen molar-refractivity contribution in [2.75, 3.05) is 11.4 Å². The van der Waals surface area contributed by atoms with E-state index in [1.807, 2.05) is 88.7 Å². The van der Waals surface area contributed by atoms with Gasteiger partial charge < -0.3 is 41.1 Å². The van der Waals surface area contributed by atoms with Crippen LogP contribution in [0.4, 0.5) is 5.69 Å². The number of nitrogens with zero attached hydrogens (tertiary/aromatic N) is 4. The number of ketones is 2. The molecule has 0 unspecified atom stereocenters. The largest absolute Gasteiger partial charge is 0.396 e. The third-order valence-corrected chi connectivity index (χ3v) is 18.5. The van der Waals surface area contributed by atoms with E-state index in [0.717, 1.165) is 51.2 Å². The average Bonchev–Trinajstić information content (AvgIpc) is 1.95. The number of nitrogens with one attached hydrogen (secondary N) is 3. The zero-order valence-electron chi connectivity index (χ0n) is 48.3. The number of Topliss-reactive ketones (excluding diaryl/α,β-unsaturated/α-hetero) is 2. The van der Waals surface area contributed by atoms with Crippen LogP contribution >= 0.6 is 18.9 Å². The normalized spacial score (nSPS) is 18.8.